The molecule has 94 valence electrons. The van der Waals surface area contributed by atoms with Crippen molar-refractivity contribution in [3.8, 4) is 0 Å². The van der Waals surface area contributed by atoms with Gasteiger partial charge in [-0.25, -0.2) is 4.98 Å². The molecule has 2 aromatic heterocycles. The average molecular weight is 233 g/mol. The lowest BCUT2D eigenvalue weighted by atomic mass is 10.1. The molecule has 3 heteroatoms. The molecule has 2 rings (SSSR count). The summed E-state index contributed by atoms with van der Waals surface area (Å²) in [5, 5.41) is 0. The van der Waals surface area contributed by atoms with Crippen LogP contribution in [-0.2, 0) is 0 Å². The molecule has 0 aliphatic carbocycles. The van der Waals surface area contributed by atoms with Crippen molar-refractivity contribution in [3.05, 3.63) is 24.3 Å². The van der Waals surface area contributed by atoms with Gasteiger partial charge in [0.2, 0.25) is 0 Å². The summed E-state index contributed by atoms with van der Waals surface area (Å²) in [4.78, 5) is 8.74. The molecule has 0 aliphatic rings. The summed E-state index contributed by atoms with van der Waals surface area (Å²) in [5.74, 6) is 0.463. The minimum Gasteiger partial charge on any atom is -0.328 e. The number of pyridine rings is 1. The van der Waals surface area contributed by atoms with Crippen molar-refractivity contribution < 1.29 is 0 Å². The highest BCUT2D eigenvalue weighted by atomic mass is 15.1. The van der Waals surface area contributed by atoms with Crippen LogP contribution < -0.4 is 0 Å². The van der Waals surface area contributed by atoms with E-state index in [1.165, 1.54) is 5.52 Å². The van der Waals surface area contributed by atoms with Crippen LogP contribution in [0.5, 0.6) is 0 Å². The Morgan fingerprint density at radius 3 is 2.24 bits per heavy atom. The van der Waals surface area contributed by atoms with Crippen LogP contribution >= 0.6 is 0 Å². The maximum atomic E-state index is 4.40. The minimum absolute atomic E-state index is 0.442. The molecule has 0 radical (unpaired) electrons. The standard InChI is InChI=1S/C12H17N3.C2H6/c1-8(2)10-5-12-11(6-13-10)14-7-15(12)9(3)4;1-2/h5-9H,1-4H3;1-2H3. The molecule has 0 N–H and O–H groups in total. The predicted octanol–water partition coefficient (Wildman–Crippen LogP) is 4.16. The molecule has 0 spiro atoms. The normalized spacial score (nSPS) is 10.8. The van der Waals surface area contributed by atoms with Gasteiger partial charge >= 0.3 is 0 Å². The van der Waals surface area contributed by atoms with Gasteiger partial charge in [-0.05, 0) is 25.8 Å². The summed E-state index contributed by atoms with van der Waals surface area (Å²) in [7, 11) is 0. The van der Waals surface area contributed by atoms with Crippen LogP contribution in [0.25, 0.3) is 11.0 Å². The van der Waals surface area contributed by atoms with Gasteiger partial charge in [-0.15, -0.1) is 0 Å². The number of fused-ring (bicyclic) bond motifs is 1. The Labute approximate surface area is 104 Å². The van der Waals surface area contributed by atoms with E-state index in [-0.39, 0.29) is 0 Å². The first-order valence-corrected chi connectivity index (χ1v) is 6.42. The Morgan fingerprint density at radius 2 is 1.71 bits per heavy atom. The van der Waals surface area contributed by atoms with Crippen LogP contribution in [0.3, 0.4) is 0 Å². The minimum atomic E-state index is 0.442. The van der Waals surface area contributed by atoms with E-state index in [2.05, 4.69) is 48.3 Å². The number of imidazole rings is 1. The predicted molar refractivity (Wildman–Crippen MR) is 73.4 cm³/mol. The van der Waals surface area contributed by atoms with Crippen molar-refractivity contribution >= 4 is 11.0 Å². The maximum Gasteiger partial charge on any atom is 0.107 e. The molecule has 17 heavy (non-hydrogen) atoms. The van der Waals surface area contributed by atoms with Crippen LogP contribution in [-0.4, -0.2) is 14.5 Å². The zero-order valence-corrected chi connectivity index (χ0v) is 11.7. The number of hydrogen-bond donors (Lipinski definition) is 0. The summed E-state index contributed by atoms with van der Waals surface area (Å²) >= 11 is 0. The van der Waals surface area contributed by atoms with Crippen molar-refractivity contribution in [3.63, 3.8) is 0 Å². The average Bonchev–Trinajstić information content (AvgIpc) is 2.74. The van der Waals surface area contributed by atoms with Gasteiger partial charge in [0.15, 0.2) is 0 Å². The first-order chi connectivity index (χ1) is 8.09. The van der Waals surface area contributed by atoms with E-state index in [4.69, 9.17) is 0 Å². The highest BCUT2D eigenvalue weighted by Gasteiger charge is 2.08. The van der Waals surface area contributed by atoms with Crippen molar-refractivity contribution in [1.29, 1.82) is 0 Å². The number of hydrogen-bond acceptors (Lipinski definition) is 2. The summed E-state index contributed by atoms with van der Waals surface area (Å²) in [5.41, 5.74) is 3.29. The molecular formula is C14H23N3. The Hall–Kier alpha value is -1.38. The van der Waals surface area contributed by atoms with Crippen LogP contribution in [0.1, 0.15) is 59.2 Å². The number of aromatic nitrogens is 3. The second-order valence-corrected chi connectivity index (χ2v) is 4.50. The second kappa shape index (κ2) is 5.80. The van der Waals surface area contributed by atoms with Gasteiger partial charge in [0, 0.05) is 11.7 Å². The Kier molecular flexibility index (Phi) is 4.67. The summed E-state index contributed by atoms with van der Waals surface area (Å²) in [6.45, 7) is 12.6. The van der Waals surface area contributed by atoms with Crippen LogP contribution in [0.4, 0.5) is 0 Å². The second-order valence-electron chi connectivity index (χ2n) is 4.50. The van der Waals surface area contributed by atoms with Crippen LogP contribution in [0.2, 0.25) is 0 Å². The first kappa shape index (κ1) is 13.7. The monoisotopic (exact) mass is 233 g/mol. The zero-order chi connectivity index (χ0) is 13.0. The molecule has 0 saturated carbocycles. The third-order valence-corrected chi connectivity index (χ3v) is 2.63. The number of rotatable bonds is 2. The third kappa shape index (κ3) is 2.84. The van der Waals surface area contributed by atoms with E-state index in [0.717, 1.165) is 11.2 Å². The van der Waals surface area contributed by atoms with Crippen LogP contribution in [0.15, 0.2) is 18.6 Å². The molecule has 3 nitrogen and oxygen atoms in total. The Morgan fingerprint density at radius 1 is 1.06 bits per heavy atom. The largest absolute Gasteiger partial charge is 0.328 e. The Balaban J connectivity index is 0.000000686. The van der Waals surface area contributed by atoms with E-state index < -0.39 is 0 Å². The third-order valence-electron chi connectivity index (χ3n) is 2.63. The SMILES string of the molecule is CC.CC(C)c1cc2c(cn1)ncn2C(C)C. The van der Waals surface area contributed by atoms with Gasteiger partial charge in [0.1, 0.15) is 5.52 Å². The highest BCUT2D eigenvalue weighted by Crippen LogP contribution is 2.20. The van der Waals surface area contributed by atoms with E-state index >= 15 is 0 Å². The van der Waals surface area contributed by atoms with Gasteiger partial charge in [-0.1, -0.05) is 27.7 Å². The summed E-state index contributed by atoms with van der Waals surface area (Å²) in [6.07, 6.45) is 3.75. The van der Waals surface area contributed by atoms with Gasteiger partial charge in [0.25, 0.3) is 0 Å². The van der Waals surface area contributed by atoms with E-state index in [0.29, 0.717) is 12.0 Å². The zero-order valence-electron chi connectivity index (χ0n) is 11.7. The van der Waals surface area contributed by atoms with E-state index in [1.807, 2.05) is 26.4 Å². The molecule has 0 unspecified atom stereocenters. The van der Waals surface area contributed by atoms with E-state index in [1.54, 1.807) is 0 Å². The molecule has 0 aromatic carbocycles. The molecule has 2 heterocycles. The number of nitrogens with zero attached hydrogens (tertiary/aromatic N) is 3. The van der Waals surface area contributed by atoms with Crippen molar-refractivity contribution in [2.75, 3.05) is 0 Å². The van der Waals surface area contributed by atoms with Gasteiger partial charge in [-0.2, -0.15) is 0 Å². The summed E-state index contributed by atoms with van der Waals surface area (Å²) in [6, 6.07) is 2.59. The van der Waals surface area contributed by atoms with Gasteiger partial charge in [0.05, 0.1) is 18.0 Å². The fraction of sp³-hybridized carbons (Fsp3) is 0.571. The highest BCUT2D eigenvalue weighted by molar-refractivity contribution is 5.74. The lowest BCUT2D eigenvalue weighted by Gasteiger charge is -2.09. The molecule has 0 amide bonds. The van der Waals surface area contributed by atoms with Gasteiger partial charge < -0.3 is 4.57 Å². The van der Waals surface area contributed by atoms with E-state index in [9.17, 15) is 0 Å². The molecule has 2 aromatic rings. The van der Waals surface area contributed by atoms with Crippen molar-refractivity contribution in [1.82, 2.24) is 14.5 Å². The molecular weight excluding hydrogens is 210 g/mol. The molecule has 0 fully saturated rings. The Bertz CT molecular complexity index is 469. The first-order valence-electron chi connectivity index (χ1n) is 6.42. The van der Waals surface area contributed by atoms with Crippen LogP contribution in [0, 0.1) is 0 Å². The fourth-order valence-electron chi connectivity index (χ4n) is 1.67. The fourth-order valence-corrected chi connectivity index (χ4v) is 1.67. The molecule has 0 aliphatic heterocycles. The molecule has 0 saturated heterocycles. The smallest absolute Gasteiger partial charge is 0.107 e. The topological polar surface area (TPSA) is 30.7 Å². The summed E-state index contributed by atoms with van der Waals surface area (Å²) < 4.78 is 2.18. The lowest BCUT2D eigenvalue weighted by molar-refractivity contribution is 0.617. The van der Waals surface area contributed by atoms with Gasteiger partial charge in [-0.3, -0.25) is 4.98 Å². The van der Waals surface area contributed by atoms with Crippen molar-refractivity contribution in [2.45, 2.75) is 53.5 Å². The quantitative estimate of drug-likeness (QED) is 0.779. The maximum absolute atomic E-state index is 4.40. The molecule has 0 bridgehead atoms. The lowest BCUT2D eigenvalue weighted by Crippen LogP contribution is -1.99. The molecule has 0 atom stereocenters. The van der Waals surface area contributed by atoms with Crippen molar-refractivity contribution in [2.24, 2.45) is 0 Å².